The van der Waals surface area contributed by atoms with E-state index in [0.717, 1.165) is 9.32 Å². The molecule has 0 unspecified atom stereocenters. The molecule has 0 aliphatic rings. The Morgan fingerprint density at radius 3 is 2.48 bits per heavy atom. The van der Waals surface area contributed by atoms with Crippen molar-refractivity contribution >= 4 is 51.6 Å². The molecule has 2 aromatic rings. The van der Waals surface area contributed by atoms with E-state index in [2.05, 4.69) is 38.2 Å². The van der Waals surface area contributed by atoms with Crippen molar-refractivity contribution in [3.8, 4) is 5.75 Å². The van der Waals surface area contributed by atoms with Gasteiger partial charge in [-0.1, -0.05) is 0 Å². The molecule has 0 atom stereocenters. The number of halogens is 1. The highest BCUT2D eigenvalue weighted by atomic mass is 127. The number of aromatic nitrogens is 1. The first-order valence-corrected chi connectivity index (χ1v) is 8.43. The van der Waals surface area contributed by atoms with Crippen LogP contribution < -0.4 is 15.4 Å². The molecular weight excluding hydrogens is 425 g/mol. The van der Waals surface area contributed by atoms with E-state index in [1.165, 1.54) is 0 Å². The summed E-state index contributed by atoms with van der Waals surface area (Å²) < 4.78 is 6.56. The Morgan fingerprint density at radius 2 is 1.91 bits per heavy atom. The number of anilines is 1. The molecule has 1 amide bonds. The van der Waals surface area contributed by atoms with Crippen molar-refractivity contribution in [2.75, 3.05) is 5.32 Å². The molecule has 0 aliphatic carbocycles. The lowest BCUT2D eigenvalue weighted by Gasteiger charge is -2.11. The van der Waals surface area contributed by atoms with E-state index in [1.54, 1.807) is 36.5 Å². The van der Waals surface area contributed by atoms with Crippen LogP contribution in [0, 0.1) is 3.57 Å². The van der Waals surface area contributed by atoms with E-state index in [4.69, 9.17) is 17.0 Å². The molecule has 0 aliphatic heterocycles. The number of nitrogens with one attached hydrogen (secondary N) is 2. The van der Waals surface area contributed by atoms with Crippen LogP contribution in [0.2, 0.25) is 0 Å². The minimum absolute atomic E-state index is 0.0906. The van der Waals surface area contributed by atoms with Crippen molar-refractivity contribution in [3.05, 3.63) is 51.7 Å². The maximum atomic E-state index is 12.1. The van der Waals surface area contributed by atoms with Gasteiger partial charge in [-0.2, -0.15) is 0 Å². The fourth-order valence-electron chi connectivity index (χ4n) is 1.73. The third-order valence-electron chi connectivity index (χ3n) is 2.68. The molecule has 2 N–H and O–H groups in total. The van der Waals surface area contributed by atoms with Gasteiger partial charge < -0.3 is 10.1 Å². The Kier molecular flexibility index (Phi) is 6.28. The Morgan fingerprint density at radius 1 is 1.22 bits per heavy atom. The van der Waals surface area contributed by atoms with Gasteiger partial charge in [-0.25, -0.2) is 4.98 Å². The van der Waals surface area contributed by atoms with Gasteiger partial charge in [-0.05, 0) is 85.1 Å². The quantitative estimate of drug-likeness (QED) is 0.561. The summed E-state index contributed by atoms with van der Waals surface area (Å²) in [6, 6.07) is 10.6. The molecule has 5 nitrogen and oxygen atoms in total. The summed E-state index contributed by atoms with van der Waals surface area (Å²) in [6.07, 6.45) is 1.80. The number of carbonyl (C=O) groups is 1. The SMILES string of the molecule is CC(C)Oc1ccc(C(=O)NC(=S)Nc2ccc(I)cn2)cc1. The largest absolute Gasteiger partial charge is 0.491 e. The molecular formula is C16H16IN3O2S. The van der Waals surface area contributed by atoms with Gasteiger partial charge in [0.25, 0.3) is 5.91 Å². The fourth-order valence-corrected chi connectivity index (χ4v) is 2.25. The van der Waals surface area contributed by atoms with Crippen molar-refractivity contribution in [3.63, 3.8) is 0 Å². The first kappa shape index (κ1) is 17.6. The van der Waals surface area contributed by atoms with Gasteiger partial charge in [0.05, 0.1) is 6.10 Å². The molecule has 0 saturated carbocycles. The summed E-state index contributed by atoms with van der Waals surface area (Å²) in [5.74, 6) is 1.01. The smallest absolute Gasteiger partial charge is 0.257 e. The standard InChI is InChI=1S/C16H16IN3O2S/c1-10(2)22-13-6-3-11(4-7-13)15(21)20-16(23)19-14-8-5-12(17)9-18-14/h3-10H,1-2H3,(H2,18,19,20,21,23). The fraction of sp³-hybridized carbons (Fsp3) is 0.188. The van der Waals surface area contributed by atoms with Crippen LogP contribution in [-0.2, 0) is 0 Å². The lowest BCUT2D eigenvalue weighted by Crippen LogP contribution is -2.34. The van der Waals surface area contributed by atoms with Crippen LogP contribution in [0.1, 0.15) is 24.2 Å². The highest BCUT2D eigenvalue weighted by molar-refractivity contribution is 14.1. The number of ether oxygens (including phenoxy) is 1. The third-order valence-corrected chi connectivity index (χ3v) is 3.53. The molecule has 23 heavy (non-hydrogen) atoms. The molecule has 0 bridgehead atoms. The molecule has 1 aromatic heterocycles. The van der Waals surface area contributed by atoms with Gasteiger partial charge >= 0.3 is 0 Å². The maximum absolute atomic E-state index is 12.1. The number of hydrogen-bond donors (Lipinski definition) is 2. The Balaban J connectivity index is 1.92. The zero-order valence-corrected chi connectivity index (χ0v) is 15.6. The zero-order chi connectivity index (χ0) is 16.8. The number of thiocarbonyl (C=S) groups is 1. The molecule has 0 radical (unpaired) electrons. The second-order valence-electron chi connectivity index (χ2n) is 4.96. The number of hydrogen-bond acceptors (Lipinski definition) is 4. The van der Waals surface area contributed by atoms with Crippen LogP contribution in [-0.4, -0.2) is 22.1 Å². The number of rotatable bonds is 4. The molecule has 7 heteroatoms. The highest BCUT2D eigenvalue weighted by Crippen LogP contribution is 2.14. The number of nitrogens with zero attached hydrogens (tertiary/aromatic N) is 1. The predicted molar refractivity (Wildman–Crippen MR) is 103 cm³/mol. The highest BCUT2D eigenvalue weighted by Gasteiger charge is 2.09. The average Bonchev–Trinajstić information content (AvgIpc) is 2.49. The first-order valence-electron chi connectivity index (χ1n) is 6.94. The van der Waals surface area contributed by atoms with Crippen LogP contribution in [0.15, 0.2) is 42.6 Å². The van der Waals surface area contributed by atoms with E-state index in [9.17, 15) is 4.79 Å². The van der Waals surface area contributed by atoms with Crippen LogP contribution in [0.25, 0.3) is 0 Å². The van der Waals surface area contributed by atoms with E-state index in [-0.39, 0.29) is 17.1 Å². The minimum atomic E-state index is -0.288. The minimum Gasteiger partial charge on any atom is -0.491 e. The topological polar surface area (TPSA) is 63.2 Å². The molecule has 1 aromatic carbocycles. The molecule has 2 rings (SSSR count). The second kappa shape index (κ2) is 8.21. The van der Waals surface area contributed by atoms with Gasteiger partial charge in [0.1, 0.15) is 11.6 Å². The normalized spacial score (nSPS) is 10.3. The number of amides is 1. The molecule has 120 valence electrons. The maximum Gasteiger partial charge on any atom is 0.257 e. The zero-order valence-electron chi connectivity index (χ0n) is 12.7. The van der Waals surface area contributed by atoms with Crippen molar-refractivity contribution in [2.45, 2.75) is 20.0 Å². The van der Waals surface area contributed by atoms with Crippen LogP contribution in [0.5, 0.6) is 5.75 Å². The third kappa shape index (κ3) is 5.76. The second-order valence-corrected chi connectivity index (χ2v) is 6.61. The van der Waals surface area contributed by atoms with Crippen molar-refractivity contribution < 1.29 is 9.53 Å². The van der Waals surface area contributed by atoms with E-state index >= 15 is 0 Å². The Labute approximate surface area is 154 Å². The van der Waals surface area contributed by atoms with Crippen molar-refractivity contribution in [2.24, 2.45) is 0 Å². The first-order chi connectivity index (χ1) is 10.9. The van der Waals surface area contributed by atoms with Gasteiger partial charge in [-0.3, -0.25) is 10.1 Å². The summed E-state index contributed by atoms with van der Waals surface area (Å²) in [5.41, 5.74) is 0.501. The molecule has 0 saturated heterocycles. The van der Waals surface area contributed by atoms with E-state index in [0.29, 0.717) is 11.4 Å². The van der Waals surface area contributed by atoms with Gasteiger partial charge in [0.2, 0.25) is 0 Å². The summed E-state index contributed by atoms with van der Waals surface area (Å²) in [5, 5.41) is 5.69. The lowest BCUT2D eigenvalue weighted by atomic mass is 10.2. The summed E-state index contributed by atoms with van der Waals surface area (Å²) >= 11 is 7.28. The van der Waals surface area contributed by atoms with Gasteiger partial charge in [-0.15, -0.1) is 0 Å². The molecule has 0 spiro atoms. The van der Waals surface area contributed by atoms with E-state index in [1.807, 2.05) is 19.9 Å². The van der Waals surface area contributed by atoms with Crippen molar-refractivity contribution in [1.82, 2.24) is 10.3 Å². The molecule has 1 heterocycles. The summed E-state index contributed by atoms with van der Waals surface area (Å²) in [4.78, 5) is 16.3. The summed E-state index contributed by atoms with van der Waals surface area (Å²) in [7, 11) is 0. The predicted octanol–water partition coefficient (Wildman–Crippen LogP) is 3.60. The van der Waals surface area contributed by atoms with Crippen LogP contribution >= 0.6 is 34.8 Å². The van der Waals surface area contributed by atoms with Crippen LogP contribution in [0.3, 0.4) is 0 Å². The summed E-state index contributed by atoms with van der Waals surface area (Å²) in [6.45, 7) is 3.90. The van der Waals surface area contributed by atoms with Gasteiger partial charge in [0.15, 0.2) is 5.11 Å². The van der Waals surface area contributed by atoms with Crippen LogP contribution in [0.4, 0.5) is 5.82 Å². The Bertz CT molecular complexity index is 687. The lowest BCUT2D eigenvalue weighted by molar-refractivity contribution is 0.0977. The van der Waals surface area contributed by atoms with Gasteiger partial charge in [0, 0.05) is 15.3 Å². The number of carbonyl (C=O) groups excluding carboxylic acids is 1. The monoisotopic (exact) mass is 441 g/mol. The van der Waals surface area contributed by atoms with E-state index < -0.39 is 0 Å². The Hall–Kier alpha value is -1.74. The van der Waals surface area contributed by atoms with Crippen molar-refractivity contribution in [1.29, 1.82) is 0 Å². The number of benzene rings is 1. The average molecular weight is 441 g/mol. The molecule has 0 fully saturated rings. The number of pyridine rings is 1.